The Balaban J connectivity index is 1.87. The second kappa shape index (κ2) is 4.31. The van der Waals surface area contributed by atoms with Gasteiger partial charge >= 0.3 is 0 Å². The lowest BCUT2D eigenvalue weighted by atomic mass is 10.2. The van der Waals surface area contributed by atoms with Crippen LogP contribution in [0.3, 0.4) is 0 Å². The summed E-state index contributed by atoms with van der Waals surface area (Å²) in [6, 6.07) is 6.10. The molecular weight excluding hydrogens is 264 g/mol. The highest BCUT2D eigenvalue weighted by molar-refractivity contribution is 5.78. The molecule has 0 fully saturated rings. The summed E-state index contributed by atoms with van der Waals surface area (Å²) >= 11 is 0. The molecule has 1 aromatic carbocycles. The van der Waals surface area contributed by atoms with E-state index in [1.54, 1.807) is 12.4 Å². The Hall–Kier alpha value is -2.89. The predicted molar refractivity (Wildman–Crippen MR) is 80.3 cm³/mol. The van der Waals surface area contributed by atoms with Crippen LogP contribution in [0.25, 0.3) is 28.4 Å². The van der Waals surface area contributed by atoms with E-state index in [0.29, 0.717) is 0 Å². The van der Waals surface area contributed by atoms with E-state index >= 15 is 0 Å². The van der Waals surface area contributed by atoms with Gasteiger partial charge in [0.2, 0.25) is 0 Å². The SMILES string of the molecule is Cc1cnc(-c2nccn2-c2ccc3nc(C)[nH]c3c2)[nH]1. The highest BCUT2D eigenvalue weighted by atomic mass is 15.1. The van der Waals surface area contributed by atoms with Crippen LogP contribution in [0.5, 0.6) is 0 Å². The normalized spacial score (nSPS) is 11.3. The molecule has 2 N–H and O–H groups in total. The molecule has 0 aliphatic rings. The van der Waals surface area contributed by atoms with E-state index in [1.165, 1.54) is 0 Å². The van der Waals surface area contributed by atoms with Gasteiger partial charge in [-0.25, -0.2) is 15.0 Å². The molecule has 6 nitrogen and oxygen atoms in total. The lowest BCUT2D eigenvalue weighted by Gasteiger charge is -2.06. The van der Waals surface area contributed by atoms with Gasteiger partial charge in [-0.15, -0.1) is 0 Å². The standard InChI is InChI=1S/C15H14N6/c1-9-8-17-14(18-9)15-16-5-6-21(15)11-3-4-12-13(7-11)20-10(2)19-12/h3-8H,1-2H3,(H,17,18)(H,19,20). The summed E-state index contributed by atoms with van der Waals surface area (Å²) in [4.78, 5) is 19.6. The van der Waals surface area contributed by atoms with Gasteiger partial charge in [0, 0.05) is 30.0 Å². The summed E-state index contributed by atoms with van der Waals surface area (Å²) in [5.74, 6) is 2.46. The molecule has 0 radical (unpaired) electrons. The maximum absolute atomic E-state index is 4.42. The van der Waals surface area contributed by atoms with Crippen LogP contribution in [-0.2, 0) is 0 Å². The number of aromatic nitrogens is 6. The molecule has 3 aromatic heterocycles. The van der Waals surface area contributed by atoms with Gasteiger partial charge in [-0.1, -0.05) is 0 Å². The molecule has 0 bridgehead atoms. The predicted octanol–water partition coefficient (Wildman–Crippen LogP) is 2.76. The minimum absolute atomic E-state index is 0.762. The van der Waals surface area contributed by atoms with E-state index in [-0.39, 0.29) is 0 Å². The van der Waals surface area contributed by atoms with Crippen molar-refractivity contribution in [2.75, 3.05) is 0 Å². The second-order valence-electron chi connectivity index (χ2n) is 5.06. The zero-order chi connectivity index (χ0) is 14.4. The van der Waals surface area contributed by atoms with Gasteiger partial charge in [-0.05, 0) is 32.0 Å². The minimum Gasteiger partial charge on any atom is -0.342 e. The molecule has 0 aliphatic carbocycles. The third-order valence-electron chi connectivity index (χ3n) is 3.42. The largest absolute Gasteiger partial charge is 0.342 e. The fourth-order valence-corrected chi connectivity index (χ4v) is 2.49. The summed E-state index contributed by atoms with van der Waals surface area (Å²) in [5.41, 5.74) is 4.01. The smallest absolute Gasteiger partial charge is 0.180 e. The molecular formula is C15H14N6. The molecule has 21 heavy (non-hydrogen) atoms. The first-order valence-electron chi connectivity index (χ1n) is 6.73. The Morgan fingerprint density at radius 3 is 2.81 bits per heavy atom. The molecule has 4 rings (SSSR count). The van der Waals surface area contributed by atoms with Crippen molar-refractivity contribution >= 4 is 11.0 Å². The Morgan fingerprint density at radius 2 is 2.00 bits per heavy atom. The van der Waals surface area contributed by atoms with Crippen LogP contribution >= 0.6 is 0 Å². The van der Waals surface area contributed by atoms with Crippen LogP contribution in [0.1, 0.15) is 11.5 Å². The maximum Gasteiger partial charge on any atom is 0.180 e. The van der Waals surface area contributed by atoms with E-state index in [2.05, 4.69) is 31.0 Å². The van der Waals surface area contributed by atoms with Gasteiger partial charge in [0.05, 0.1) is 11.0 Å². The lowest BCUT2D eigenvalue weighted by Crippen LogP contribution is -1.97. The highest BCUT2D eigenvalue weighted by Crippen LogP contribution is 2.21. The fraction of sp³-hybridized carbons (Fsp3) is 0.133. The summed E-state index contributed by atoms with van der Waals surface area (Å²) in [6.07, 6.45) is 5.50. The maximum atomic E-state index is 4.42. The molecule has 0 amide bonds. The van der Waals surface area contributed by atoms with E-state index in [9.17, 15) is 0 Å². The molecule has 0 aliphatic heterocycles. The van der Waals surface area contributed by atoms with Crippen LogP contribution < -0.4 is 0 Å². The average Bonchev–Trinajstić information content (AvgIpc) is 3.14. The third-order valence-corrected chi connectivity index (χ3v) is 3.42. The van der Waals surface area contributed by atoms with Crippen molar-refractivity contribution in [3.8, 4) is 17.3 Å². The van der Waals surface area contributed by atoms with Crippen molar-refractivity contribution in [1.82, 2.24) is 29.5 Å². The topological polar surface area (TPSA) is 75.2 Å². The van der Waals surface area contributed by atoms with Crippen LogP contribution in [0.15, 0.2) is 36.8 Å². The first-order chi connectivity index (χ1) is 10.2. The Labute approximate surface area is 120 Å². The molecule has 0 saturated carbocycles. The molecule has 0 unspecified atom stereocenters. The lowest BCUT2D eigenvalue weighted by molar-refractivity contribution is 1.04. The minimum atomic E-state index is 0.762. The average molecular weight is 278 g/mol. The summed E-state index contributed by atoms with van der Waals surface area (Å²) in [7, 11) is 0. The van der Waals surface area contributed by atoms with Crippen molar-refractivity contribution in [3.63, 3.8) is 0 Å². The van der Waals surface area contributed by atoms with Gasteiger partial charge in [-0.2, -0.15) is 0 Å². The Kier molecular flexibility index (Phi) is 2.44. The zero-order valence-electron chi connectivity index (χ0n) is 11.8. The molecule has 0 atom stereocenters. The van der Waals surface area contributed by atoms with Crippen molar-refractivity contribution in [1.29, 1.82) is 0 Å². The fourth-order valence-electron chi connectivity index (χ4n) is 2.49. The van der Waals surface area contributed by atoms with Crippen molar-refractivity contribution in [2.24, 2.45) is 0 Å². The Bertz CT molecular complexity index is 927. The number of fused-ring (bicyclic) bond motifs is 1. The number of imidazole rings is 3. The highest BCUT2D eigenvalue weighted by Gasteiger charge is 2.11. The van der Waals surface area contributed by atoms with E-state index < -0.39 is 0 Å². The first-order valence-corrected chi connectivity index (χ1v) is 6.73. The molecule has 0 spiro atoms. The molecule has 6 heteroatoms. The number of aromatic amines is 2. The van der Waals surface area contributed by atoms with Gasteiger partial charge < -0.3 is 9.97 Å². The van der Waals surface area contributed by atoms with Crippen LogP contribution in [0, 0.1) is 13.8 Å². The molecule has 0 saturated heterocycles. The third kappa shape index (κ3) is 1.92. The first kappa shape index (κ1) is 11.9. The molecule has 4 aromatic rings. The summed E-state index contributed by atoms with van der Waals surface area (Å²) in [5, 5.41) is 0. The number of nitrogens with one attached hydrogen (secondary N) is 2. The van der Waals surface area contributed by atoms with Gasteiger partial charge in [0.25, 0.3) is 0 Å². The number of rotatable bonds is 2. The summed E-state index contributed by atoms with van der Waals surface area (Å²) < 4.78 is 2.01. The Morgan fingerprint density at radius 1 is 1.10 bits per heavy atom. The number of H-pyrrole nitrogens is 2. The number of hydrogen-bond donors (Lipinski definition) is 2. The zero-order valence-corrected chi connectivity index (χ0v) is 11.8. The molecule has 104 valence electrons. The van der Waals surface area contributed by atoms with Crippen molar-refractivity contribution in [2.45, 2.75) is 13.8 Å². The van der Waals surface area contributed by atoms with Crippen molar-refractivity contribution < 1.29 is 0 Å². The van der Waals surface area contributed by atoms with Gasteiger partial charge in [-0.3, -0.25) is 4.57 Å². The number of nitrogens with zero attached hydrogens (tertiary/aromatic N) is 4. The van der Waals surface area contributed by atoms with Crippen molar-refractivity contribution in [3.05, 3.63) is 48.3 Å². The van der Waals surface area contributed by atoms with E-state index in [1.807, 2.05) is 36.7 Å². The van der Waals surface area contributed by atoms with Crippen LogP contribution in [-0.4, -0.2) is 29.5 Å². The van der Waals surface area contributed by atoms with Crippen LogP contribution in [0.4, 0.5) is 0 Å². The number of hydrogen-bond acceptors (Lipinski definition) is 3. The van der Waals surface area contributed by atoms with E-state index in [4.69, 9.17) is 0 Å². The molecule has 3 heterocycles. The van der Waals surface area contributed by atoms with Gasteiger partial charge in [0.1, 0.15) is 5.82 Å². The number of aryl methyl sites for hydroxylation is 2. The summed E-state index contributed by atoms with van der Waals surface area (Å²) in [6.45, 7) is 3.93. The quantitative estimate of drug-likeness (QED) is 0.592. The van der Waals surface area contributed by atoms with Gasteiger partial charge in [0.15, 0.2) is 11.6 Å². The number of benzene rings is 1. The van der Waals surface area contributed by atoms with E-state index in [0.717, 1.165) is 39.9 Å². The second-order valence-corrected chi connectivity index (χ2v) is 5.06. The van der Waals surface area contributed by atoms with Crippen LogP contribution in [0.2, 0.25) is 0 Å². The monoisotopic (exact) mass is 278 g/mol.